The fourth-order valence-electron chi connectivity index (χ4n) is 1.38. The molecule has 0 aromatic heterocycles. The standard InChI is InChI=1S/C9H16OSi/c1-3-6-9(2)11-8-5-4-7-10-11/h3,11H,1-2,4-8H2. The summed E-state index contributed by atoms with van der Waals surface area (Å²) in [5, 5.41) is 1.32. The quantitative estimate of drug-likeness (QED) is 0.463. The summed E-state index contributed by atoms with van der Waals surface area (Å²) in [6, 6.07) is 1.28. The van der Waals surface area contributed by atoms with E-state index in [2.05, 4.69) is 13.2 Å². The molecule has 1 aliphatic rings. The molecule has 0 aromatic carbocycles. The minimum absolute atomic E-state index is 0.955. The Bertz CT molecular complexity index is 148. The lowest BCUT2D eigenvalue weighted by molar-refractivity contribution is 0.291. The lowest BCUT2D eigenvalue weighted by Gasteiger charge is -2.22. The van der Waals surface area contributed by atoms with Crippen molar-refractivity contribution in [1.29, 1.82) is 0 Å². The van der Waals surface area contributed by atoms with Gasteiger partial charge in [-0.25, -0.2) is 0 Å². The molecule has 62 valence electrons. The molecular weight excluding hydrogens is 152 g/mol. The largest absolute Gasteiger partial charge is 0.416 e. The second-order valence-corrected chi connectivity index (χ2v) is 5.71. The summed E-state index contributed by atoms with van der Waals surface area (Å²) >= 11 is 0. The molecule has 0 amide bonds. The summed E-state index contributed by atoms with van der Waals surface area (Å²) in [4.78, 5) is 0. The third-order valence-electron chi connectivity index (χ3n) is 2.04. The summed E-state index contributed by atoms with van der Waals surface area (Å²) in [5.41, 5.74) is 0. The fourth-order valence-corrected chi connectivity index (χ4v) is 3.73. The Labute approximate surface area is 70.5 Å². The molecular formula is C9H16OSi. The van der Waals surface area contributed by atoms with Crippen LogP contribution in [0.15, 0.2) is 24.4 Å². The average Bonchev–Trinajstić information content (AvgIpc) is 2.07. The molecule has 1 heterocycles. The van der Waals surface area contributed by atoms with E-state index in [1.165, 1.54) is 24.1 Å². The molecule has 1 fully saturated rings. The van der Waals surface area contributed by atoms with E-state index in [0.29, 0.717) is 0 Å². The predicted octanol–water partition coefficient (Wildman–Crippen LogP) is 2.19. The normalized spacial score (nSPS) is 24.5. The summed E-state index contributed by atoms with van der Waals surface area (Å²) in [7, 11) is -1.00. The van der Waals surface area contributed by atoms with Crippen molar-refractivity contribution in [3.8, 4) is 0 Å². The predicted molar refractivity (Wildman–Crippen MR) is 51.1 cm³/mol. The zero-order valence-corrected chi connectivity index (χ0v) is 8.17. The minimum Gasteiger partial charge on any atom is -0.416 e. The van der Waals surface area contributed by atoms with Gasteiger partial charge in [0.25, 0.3) is 0 Å². The van der Waals surface area contributed by atoms with E-state index >= 15 is 0 Å². The molecule has 0 aliphatic carbocycles. The first-order chi connectivity index (χ1) is 5.34. The average molecular weight is 168 g/mol. The van der Waals surface area contributed by atoms with E-state index in [4.69, 9.17) is 4.43 Å². The molecule has 0 spiro atoms. The van der Waals surface area contributed by atoms with E-state index in [9.17, 15) is 0 Å². The van der Waals surface area contributed by atoms with Gasteiger partial charge in [0.1, 0.15) is 0 Å². The molecule has 0 bridgehead atoms. The van der Waals surface area contributed by atoms with Crippen molar-refractivity contribution in [2.75, 3.05) is 6.61 Å². The van der Waals surface area contributed by atoms with Gasteiger partial charge in [-0.3, -0.25) is 0 Å². The maximum Gasteiger partial charge on any atom is 0.203 e. The molecule has 1 unspecified atom stereocenters. The van der Waals surface area contributed by atoms with Crippen molar-refractivity contribution in [3.05, 3.63) is 24.4 Å². The summed E-state index contributed by atoms with van der Waals surface area (Å²) in [6.07, 6.45) is 5.46. The van der Waals surface area contributed by atoms with Crippen LogP contribution in [-0.4, -0.2) is 15.6 Å². The molecule has 0 N–H and O–H groups in total. The van der Waals surface area contributed by atoms with Crippen LogP contribution in [0.25, 0.3) is 0 Å². The van der Waals surface area contributed by atoms with Gasteiger partial charge in [0, 0.05) is 6.61 Å². The third-order valence-corrected chi connectivity index (χ3v) is 4.76. The van der Waals surface area contributed by atoms with Gasteiger partial charge >= 0.3 is 0 Å². The van der Waals surface area contributed by atoms with Crippen LogP contribution in [0.5, 0.6) is 0 Å². The van der Waals surface area contributed by atoms with E-state index in [-0.39, 0.29) is 0 Å². The Balaban J connectivity index is 2.32. The molecule has 1 saturated heterocycles. The van der Waals surface area contributed by atoms with E-state index < -0.39 is 9.04 Å². The fraction of sp³-hybridized carbons (Fsp3) is 0.556. The van der Waals surface area contributed by atoms with Gasteiger partial charge in [-0.05, 0) is 18.9 Å². The molecule has 0 radical (unpaired) electrons. The summed E-state index contributed by atoms with van der Waals surface area (Å²) in [6.45, 7) is 8.70. The maximum atomic E-state index is 5.68. The van der Waals surface area contributed by atoms with Gasteiger partial charge in [-0.2, -0.15) is 0 Å². The second kappa shape index (κ2) is 4.52. The van der Waals surface area contributed by atoms with Crippen LogP contribution in [0.1, 0.15) is 19.3 Å². The van der Waals surface area contributed by atoms with Gasteiger partial charge < -0.3 is 4.43 Å². The lowest BCUT2D eigenvalue weighted by atomic mass is 10.4. The molecule has 2 heteroatoms. The van der Waals surface area contributed by atoms with Gasteiger partial charge in [0.2, 0.25) is 9.04 Å². The van der Waals surface area contributed by atoms with Crippen molar-refractivity contribution in [1.82, 2.24) is 0 Å². The van der Waals surface area contributed by atoms with Crippen LogP contribution in [0.3, 0.4) is 0 Å². The molecule has 1 nitrogen and oxygen atoms in total. The lowest BCUT2D eigenvalue weighted by Crippen LogP contribution is -2.25. The van der Waals surface area contributed by atoms with Gasteiger partial charge in [0.15, 0.2) is 0 Å². The Kier molecular flexibility index (Phi) is 3.59. The highest BCUT2D eigenvalue weighted by atomic mass is 28.3. The minimum atomic E-state index is -1.00. The molecule has 1 atom stereocenters. The molecule has 11 heavy (non-hydrogen) atoms. The zero-order valence-electron chi connectivity index (χ0n) is 7.01. The third kappa shape index (κ3) is 2.64. The van der Waals surface area contributed by atoms with Gasteiger partial charge in [-0.15, -0.1) is 13.2 Å². The van der Waals surface area contributed by atoms with Crippen molar-refractivity contribution in [2.24, 2.45) is 0 Å². The molecule has 1 aliphatic heterocycles. The summed E-state index contributed by atoms with van der Waals surface area (Å²) < 4.78 is 5.68. The number of allylic oxidation sites excluding steroid dienone is 2. The Morgan fingerprint density at radius 2 is 2.36 bits per heavy atom. The summed E-state index contributed by atoms with van der Waals surface area (Å²) in [5.74, 6) is 0. The van der Waals surface area contributed by atoms with Crippen LogP contribution < -0.4 is 0 Å². The highest BCUT2D eigenvalue weighted by molar-refractivity contribution is 6.60. The molecule has 1 rings (SSSR count). The Morgan fingerprint density at radius 1 is 1.55 bits per heavy atom. The highest BCUT2D eigenvalue weighted by Gasteiger charge is 2.17. The smallest absolute Gasteiger partial charge is 0.203 e. The first kappa shape index (κ1) is 8.75. The van der Waals surface area contributed by atoms with Crippen LogP contribution in [0, 0.1) is 0 Å². The van der Waals surface area contributed by atoms with Crippen LogP contribution in [0.4, 0.5) is 0 Å². The van der Waals surface area contributed by atoms with E-state index in [1.807, 2.05) is 6.08 Å². The van der Waals surface area contributed by atoms with Crippen molar-refractivity contribution >= 4 is 9.04 Å². The first-order valence-corrected chi connectivity index (χ1v) is 6.11. The monoisotopic (exact) mass is 168 g/mol. The Hall–Kier alpha value is -0.343. The topological polar surface area (TPSA) is 9.23 Å². The van der Waals surface area contributed by atoms with Crippen LogP contribution in [0.2, 0.25) is 6.04 Å². The van der Waals surface area contributed by atoms with Crippen LogP contribution in [-0.2, 0) is 4.43 Å². The SMILES string of the molecule is C=CCC(=C)[SiH]1CCCCO1. The maximum absolute atomic E-state index is 5.68. The number of hydrogen-bond acceptors (Lipinski definition) is 1. The van der Waals surface area contributed by atoms with Crippen molar-refractivity contribution in [2.45, 2.75) is 25.3 Å². The number of rotatable bonds is 3. The van der Waals surface area contributed by atoms with Crippen molar-refractivity contribution in [3.63, 3.8) is 0 Å². The zero-order chi connectivity index (χ0) is 8.10. The van der Waals surface area contributed by atoms with Gasteiger partial charge in [0.05, 0.1) is 0 Å². The molecule has 0 aromatic rings. The second-order valence-electron chi connectivity index (χ2n) is 3.01. The van der Waals surface area contributed by atoms with Crippen LogP contribution >= 0.6 is 0 Å². The number of hydrogen-bond donors (Lipinski definition) is 0. The first-order valence-electron chi connectivity index (χ1n) is 4.24. The van der Waals surface area contributed by atoms with Crippen molar-refractivity contribution < 1.29 is 4.43 Å². The van der Waals surface area contributed by atoms with Gasteiger partial charge in [-0.1, -0.05) is 17.7 Å². The van der Waals surface area contributed by atoms with E-state index in [0.717, 1.165) is 13.0 Å². The molecule has 0 saturated carbocycles. The Morgan fingerprint density at radius 3 is 2.91 bits per heavy atom. The highest BCUT2D eigenvalue weighted by Crippen LogP contribution is 2.17. The van der Waals surface area contributed by atoms with E-state index in [1.54, 1.807) is 0 Å².